The minimum Gasteiger partial charge on any atom is -0.361 e. The van der Waals surface area contributed by atoms with Gasteiger partial charge in [-0.1, -0.05) is 7.43 Å². The van der Waals surface area contributed by atoms with E-state index in [0.717, 1.165) is 27.1 Å². The van der Waals surface area contributed by atoms with Crippen LogP contribution in [0.2, 0.25) is 0 Å². The highest BCUT2D eigenvalue weighted by Gasteiger charge is 2.21. The van der Waals surface area contributed by atoms with Gasteiger partial charge in [-0.25, -0.2) is 19.9 Å². The number of carbonyl (C=O) groups excluding carboxylic acids is 1. The molecule has 4 heterocycles. The molecule has 0 aliphatic carbocycles. The zero-order valence-corrected chi connectivity index (χ0v) is 13.7. The van der Waals surface area contributed by atoms with Crippen LogP contribution in [0.25, 0.3) is 10.7 Å². The highest BCUT2D eigenvalue weighted by Crippen LogP contribution is 2.31. The second kappa shape index (κ2) is 6.98. The third-order valence-corrected chi connectivity index (χ3v) is 4.97. The van der Waals surface area contributed by atoms with Gasteiger partial charge in [-0.2, -0.15) is 0 Å². The van der Waals surface area contributed by atoms with Gasteiger partial charge in [0.1, 0.15) is 28.8 Å². The molecule has 0 saturated carbocycles. The van der Waals surface area contributed by atoms with Gasteiger partial charge >= 0.3 is 0 Å². The number of imidazole rings is 1. The third-order valence-electron chi connectivity index (χ3n) is 3.78. The van der Waals surface area contributed by atoms with Crippen LogP contribution in [0.15, 0.2) is 24.9 Å². The van der Waals surface area contributed by atoms with Gasteiger partial charge in [-0.15, -0.1) is 11.3 Å². The van der Waals surface area contributed by atoms with Crippen molar-refractivity contribution in [1.82, 2.24) is 24.9 Å². The maximum absolute atomic E-state index is 11.5. The fourth-order valence-corrected chi connectivity index (χ4v) is 3.46. The molecule has 4 rings (SSSR count). The Labute approximate surface area is 149 Å². The van der Waals surface area contributed by atoms with Crippen LogP contribution in [0.1, 0.15) is 37.4 Å². The largest absolute Gasteiger partial charge is 0.361 e. The van der Waals surface area contributed by atoms with Gasteiger partial charge in [-0.05, 0) is 13.3 Å². The van der Waals surface area contributed by atoms with Gasteiger partial charge < -0.3 is 15.6 Å². The fraction of sp³-hybridized carbons (Fsp3) is 0.312. The van der Waals surface area contributed by atoms with Crippen LogP contribution >= 0.6 is 11.3 Å². The van der Waals surface area contributed by atoms with Crippen molar-refractivity contribution in [2.24, 2.45) is 0 Å². The van der Waals surface area contributed by atoms with Gasteiger partial charge in [0.2, 0.25) is 5.91 Å². The number of amides is 1. The van der Waals surface area contributed by atoms with E-state index in [1.54, 1.807) is 23.7 Å². The summed E-state index contributed by atoms with van der Waals surface area (Å²) in [4.78, 5) is 32.7. The minimum atomic E-state index is -0.0182. The summed E-state index contributed by atoms with van der Waals surface area (Å²) in [6.45, 7) is 2.03. The normalized spacial score (nSPS) is 14.2. The SMILES string of the molecule is C.C[C@@H](Nc1ncnc2c1CCC(=O)N2)c1ncc(-c2ncc[nH]2)s1. The average molecular weight is 357 g/mol. The Morgan fingerprint density at radius 3 is 2.92 bits per heavy atom. The smallest absolute Gasteiger partial charge is 0.225 e. The average Bonchev–Trinajstić information content (AvgIpc) is 3.26. The molecular formula is C16H19N7OS. The second-order valence-corrected chi connectivity index (χ2v) is 6.53. The van der Waals surface area contributed by atoms with Gasteiger partial charge in [0.15, 0.2) is 0 Å². The molecule has 130 valence electrons. The van der Waals surface area contributed by atoms with E-state index in [2.05, 4.69) is 35.6 Å². The van der Waals surface area contributed by atoms with Gasteiger partial charge in [0.05, 0.1) is 10.9 Å². The predicted molar refractivity (Wildman–Crippen MR) is 97.4 cm³/mol. The van der Waals surface area contributed by atoms with Crippen LogP contribution in [0.3, 0.4) is 0 Å². The number of hydrogen-bond acceptors (Lipinski definition) is 7. The molecule has 3 aromatic rings. The summed E-state index contributed by atoms with van der Waals surface area (Å²) in [7, 11) is 0. The van der Waals surface area contributed by atoms with Crippen molar-refractivity contribution in [2.45, 2.75) is 33.2 Å². The molecule has 0 unspecified atom stereocenters. The van der Waals surface area contributed by atoms with Crippen molar-refractivity contribution >= 4 is 28.9 Å². The molecule has 1 aliphatic heterocycles. The number of thiazole rings is 1. The molecule has 1 aliphatic rings. The lowest BCUT2D eigenvalue weighted by molar-refractivity contribution is -0.116. The Kier molecular flexibility index (Phi) is 4.75. The van der Waals surface area contributed by atoms with Gasteiger partial charge in [-0.3, -0.25) is 4.79 Å². The number of rotatable bonds is 4. The Morgan fingerprint density at radius 2 is 2.12 bits per heavy atom. The molecule has 0 saturated heterocycles. The van der Waals surface area contributed by atoms with Crippen molar-refractivity contribution in [1.29, 1.82) is 0 Å². The lowest BCUT2D eigenvalue weighted by atomic mass is 10.1. The molecule has 0 fully saturated rings. The molecule has 9 heteroatoms. The quantitative estimate of drug-likeness (QED) is 0.662. The van der Waals surface area contributed by atoms with E-state index >= 15 is 0 Å². The zero-order valence-electron chi connectivity index (χ0n) is 12.9. The van der Waals surface area contributed by atoms with Crippen LogP contribution in [-0.2, 0) is 11.2 Å². The van der Waals surface area contributed by atoms with Crippen LogP contribution < -0.4 is 10.6 Å². The van der Waals surface area contributed by atoms with Crippen molar-refractivity contribution < 1.29 is 4.79 Å². The topological polar surface area (TPSA) is 108 Å². The number of nitrogens with zero attached hydrogens (tertiary/aromatic N) is 4. The Balaban J connectivity index is 0.00000182. The monoisotopic (exact) mass is 357 g/mol. The molecular weight excluding hydrogens is 338 g/mol. The van der Waals surface area contributed by atoms with Crippen molar-refractivity contribution in [3.63, 3.8) is 0 Å². The number of carbonyl (C=O) groups is 1. The van der Waals surface area contributed by atoms with Crippen LogP contribution in [-0.4, -0.2) is 30.8 Å². The van der Waals surface area contributed by atoms with Gasteiger partial charge in [0.25, 0.3) is 0 Å². The summed E-state index contributed by atoms with van der Waals surface area (Å²) < 4.78 is 0. The molecule has 0 radical (unpaired) electrons. The van der Waals surface area contributed by atoms with Crippen LogP contribution in [0.5, 0.6) is 0 Å². The molecule has 0 spiro atoms. The molecule has 8 nitrogen and oxygen atoms in total. The molecule has 0 aromatic carbocycles. The van der Waals surface area contributed by atoms with E-state index < -0.39 is 0 Å². The van der Waals surface area contributed by atoms with E-state index in [1.165, 1.54) is 6.33 Å². The molecule has 25 heavy (non-hydrogen) atoms. The van der Waals surface area contributed by atoms with Crippen molar-refractivity contribution in [2.75, 3.05) is 10.6 Å². The number of H-pyrrole nitrogens is 1. The summed E-state index contributed by atoms with van der Waals surface area (Å²) in [5.41, 5.74) is 0.937. The van der Waals surface area contributed by atoms with Crippen LogP contribution in [0.4, 0.5) is 11.6 Å². The molecule has 1 amide bonds. The number of aromatic nitrogens is 5. The lowest BCUT2D eigenvalue weighted by Gasteiger charge is -2.20. The first-order chi connectivity index (χ1) is 11.7. The van der Waals surface area contributed by atoms with E-state index in [1.807, 2.05) is 13.1 Å². The predicted octanol–water partition coefficient (Wildman–Crippen LogP) is 3.02. The summed E-state index contributed by atoms with van der Waals surface area (Å²) in [6.07, 6.45) is 7.86. The summed E-state index contributed by atoms with van der Waals surface area (Å²) in [5.74, 6) is 2.13. The number of nitrogens with one attached hydrogen (secondary N) is 3. The summed E-state index contributed by atoms with van der Waals surface area (Å²) in [6, 6.07) is -0.0182. The number of fused-ring (bicyclic) bond motifs is 1. The first-order valence-corrected chi connectivity index (χ1v) is 8.38. The van der Waals surface area contributed by atoms with E-state index in [9.17, 15) is 4.79 Å². The van der Waals surface area contributed by atoms with Gasteiger partial charge in [0, 0.05) is 30.6 Å². The number of hydrogen-bond donors (Lipinski definition) is 3. The maximum atomic E-state index is 11.5. The van der Waals surface area contributed by atoms with E-state index in [0.29, 0.717) is 18.7 Å². The maximum Gasteiger partial charge on any atom is 0.225 e. The molecule has 0 bridgehead atoms. The Bertz CT molecular complexity index is 875. The van der Waals surface area contributed by atoms with E-state index in [-0.39, 0.29) is 19.4 Å². The molecule has 1 atom stereocenters. The lowest BCUT2D eigenvalue weighted by Crippen LogP contribution is -2.22. The second-order valence-electron chi connectivity index (χ2n) is 5.46. The van der Waals surface area contributed by atoms with E-state index in [4.69, 9.17) is 0 Å². The van der Waals surface area contributed by atoms with Crippen LogP contribution in [0, 0.1) is 0 Å². The minimum absolute atomic E-state index is 0. The van der Waals surface area contributed by atoms with Crippen molar-refractivity contribution in [3.05, 3.63) is 35.5 Å². The third kappa shape index (κ3) is 3.36. The zero-order chi connectivity index (χ0) is 16.5. The first kappa shape index (κ1) is 17.0. The highest BCUT2D eigenvalue weighted by atomic mass is 32.1. The number of anilines is 2. The first-order valence-electron chi connectivity index (χ1n) is 7.56. The summed E-state index contributed by atoms with van der Waals surface area (Å²) >= 11 is 1.58. The standard InChI is InChI=1S/C15H15N7OS.CH4/c1-8(15-18-6-10(24-15)14-16-4-5-17-14)21-12-9-2-3-11(23)22-13(9)20-7-19-12;/h4-8H,2-3H2,1H3,(H,16,17)(H2,19,20,21,22,23);1H4/t8-;/m1./s1. The fourth-order valence-electron chi connectivity index (χ4n) is 2.58. The highest BCUT2D eigenvalue weighted by molar-refractivity contribution is 7.15. The molecule has 3 aromatic heterocycles. The summed E-state index contributed by atoms with van der Waals surface area (Å²) in [5, 5.41) is 7.09. The number of aromatic amines is 1. The molecule has 3 N–H and O–H groups in total. The Hall–Kier alpha value is -2.81. The Morgan fingerprint density at radius 1 is 1.24 bits per heavy atom. The van der Waals surface area contributed by atoms with Crippen molar-refractivity contribution in [3.8, 4) is 10.7 Å².